The number of piperazine rings is 1. The zero-order valence-corrected chi connectivity index (χ0v) is 16.1. The van der Waals surface area contributed by atoms with Gasteiger partial charge in [-0.3, -0.25) is 4.79 Å². The third kappa shape index (κ3) is 5.19. The molecular weight excluding hydrogens is 340 g/mol. The molecule has 0 aromatic heterocycles. The van der Waals surface area contributed by atoms with Crippen molar-refractivity contribution >= 4 is 15.9 Å². The molecule has 1 saturated heterocycles. The number of amides is 1. The van der Waals surface area contributed by atoms with Crippen molar-refractivity contribution in [1.29, 1.82) is 0 Å². The molecule has 1 fully saturated rings. The molecule has 7 heteroatoms. The summed E-state index contributed by atoms with van der Waals surface area (Å²) < 4.78 is 31.3. The summed E-state index contributed by atoms with van der Waals surface area (Å²) >= 11 is 0. The molecule has 0 radical (unpaired) electrons. The highest BCUT2D eigenvalue weighted by Gasteiger charge is 2.28. The SMILES string of the molecule is CCCCS(=O)(=O)N1CCN(C(=O)Cc2cc(C)ccc2OC)CC1. The van der Waals surface area contributed by atoms with Crippen LogP contribution in [0.1, 0.15) is 30.9 Å². The average molecular weight is 368 g/mol. The number of hydrogen-bond donors (Lipinski definition) is 0. The second-order valence-corrected chi connectivity index (χ2v) is 8.53. The summed E-state index contributed by atoms with van der Waals surface area (Å²) in [4.78, 5) is 14.3. The number of nitrogens with zero attached hydrogens (tertiary/aromatic N) is 2. The van der Waals surface area contributed by atoms with Gasteiger partial charge in [-0.2, -0.15) is 4.31 Å². The Morgan fingerprint density at radius 3 is 2.48 bits per heavy atom. The molecule has 2 rings (SSSR count). The lowest BCUT2D eigenvalue weighted by Gasteiger charge is -2.34. The van der Waals surface area contributed by atoms with Crippen LogP contribution in [0.2, 0.25) is 0 Å². The van der Waals surface area contributed by atoms with E-state index < -0.39 is 10.0 Å². The van der Waals surface area contributed by atoms with Gasteiger partial charge in [0.15, 0.2) is 0 Å². The topological polar surface area (TPSA) is 66.9 Å². The minimum absolute atomic E-state index is 0.00880. The fourth-order valence-corrected chi connectivity index (χ4v) is 4.62. The minimum atomic E-state index is -3.19. The predicted molar refractivity (Wildman–Crippen MR) is 98.3 cm³/mol. The van der Waals surface area contributed by atoms with Gasteiger partial charge in [-0.25, -0.2) is 8.42 Å². The van der Waals surface area contributed by atoms with Gasteiger partial charge in [-0.05, 0) is 19.4 Å². The number of carbonyl (C=O) groups is 1. The van der Waals surface area contributed by atoms with E-state index in [2.05, 4.69) is 0 Å². The van der Waals surface area contributed by atoms with Crippen LogP contribution in [0.25, 0.3) is 0 Å². The molecule has 1 amide bonds. The molecule has 0 spiro atoms. The monoisotopic (exact) mass is 368 g/mol. The number of benzene rings is 1. The van der Waals surface area contributed by atoms with Crippen LogP contribution in [0.4, 0.5) is 0 Å². The van der Waals surface area contributed by atoms with Crippen LogP contribution < -0.4 is 4.74 Å². The number of ether oxygens (including phenoxy) is 1. The van der Waals surface area contributed by atoms with Crippen molar-refractivity contribution in [3.05, 3.63) is 29.3 Å². The Kier molecular flexibility index (Phi) is 6.84. The van der Waals surface area contributed by atoms with E-state index in [0.29, 0.717) is 38.3 Å². The molecule has 0 aliphatic carbocycles. The van der Waals surface area contributed by atoms with Crippen LogP contribution in [0.3, 0.4) is 0 Å². The number of methoxy groups -OCH3 is 1. The van der Waals surface area contributed by atoms with Crippen LogP contribution in [-0.4, -0.2) is 62.6 Å². The van der Waals surface area contributed by atoms with E-state index in [4.69, 9.17) is 4.74 Å². The third-order valence-corrected chi connectivity index (χ3v) is 6.47. The number of carbonyl (C=O) groups excluding carboxylic acids is 1. The minimum Gasteiger partial charge on any atom is -0.496 e. The van der Waals surface area contributed by atoms with Gasteiger partial charge < -0.3 is 9.64 Å². The molecule has 0 N–H and O–H groups in total. The van der Waals surface area contributed by atoms with Gasteiger partial charge in [0, 0.05) is 31.7 Å². The van der Waals surface area contributed by atoms with Crippen molar-refractivity contribution in [2.45, 2.75) is 33.1 Å². The standard InChI is InChI=1S/C18H28N2O4S/c1-4-5-12-25(22,23)20-10-8-19(9-11-20)18(21)14-16-13-15(2)6-7-17(16)24-3/h6-7,13H,4-5,8-12,14H2,1-3H3. The first-order valence-corrected chi connectivity index (χ1v) is 10.4. The Balaban J connectivity index is 1.95. The Labute approximate surface area is 150 Å². The van der Waals surface area contributed by atoms with E-state index in [1.807, 2.05) is 32.0 Å². The Hall–Kier alpha value is -1.60. The van der Waals surface area contributed by atoms with Crippen molar-refractivity contribution < 1.29 is 17.9 Å². The summed E-state index contributed by atoms with van der Waals surface area (Å²) in [6.07, 6.45) is 1.80. The third-order valence-electron chi connectivity index (χ3n) is 4.52. The molecule has 1 heterocycles. The zero-order valence-electron chi connectivity index (χ0n) is 15.3. The van der Waals surface area contributed by atoms with Gasteiger partial charge in [0.25, 0.3) is 0 Å². The van der Waals surface area contributed by atoms with E-state index >= 15 is 0 Å². The number of aryl methyl sites for hydroxylation is 1. The molecule has 25 heavy (non-hydrogen) atoms. The summed E-state index contributed by atoms with van der Waals surface area (Å²) in [5, 5.41) is 0. The Bertz CT molecular complexity index is 695. The van der Waals surface area contributed by atoms with Gasteiger partial charge in [-0.15, -0.1) is 0 Å². The highest BCUT2D eigenvalue weighted by atomic mass is 32.2. The Morgan fingerprint density at radius 1 is 1.20 bits per heavy atom. The number of hydrogen-bond acceptors (Lipinski definition) is 4. The molecular formula is C18H28N2O4S. The number of sulfonamides is 1. The largest absolute Gasteiger partial charge is 0.496 e. The fraction of sp³-hybridized carbons (Fsp3) is 0.611. The van der Waals surface area contributed by atoms with E-state index in [1.165, 1.54) is 4.31 Å². The summed E-state index contributed by atoms with van der Waals surface area (Å²) in [6, 6.07) is 5.78. The maximum absolute atomic E-state index is 12.6. The smallest absolute Gasteiger partial charge is 0.227 e. The first-order valence-electron chi connectivity index (χ1n) is 8.76. The molecule has 1 aliphatic heterocycles. The second kappa shape index (κ2) is 8.67. The van der Waals surface area contributed by atoms with Crippen LogP contribution in [0.15, 0.2) is 18.2 Å². The number of rotatable bonds is 7. The van der Waals surface area contributed by atoms with Crippen LogP contribution in [0.5, 0.6) is 5.75 Å². The summed E-state index contributed by atoms with van der Waals surface area (Å²) in [5.41, 5.74) is 1.95. The van der Waals surface area contributed by atoms with Crippen molar-refractivity contribution in [1.82, 2.24) is 9.21 Å². The quantitative estimate of drug-likeness (QED) is 0.736. The molecule has 0 bridgehead atoms. The van der Waals surface area contributed by atoms with E-state index in [9.17, 15) is 13.2 Å². The first kappa shape index (κ1) is 19.7. The van der Waals surface area contributed by atoms with Gasteiger partial charge >= 0.3 is 0 Å². The molecule has 0 atom stereocenters. The van der Waals surface area contributed by atoms with Crippen LogP contribution >= 0.6 is 0 Å². The highest BCUT2D eigenvalue weighted by molar-refractivity contribution is 7.89. The predicted octanol–water partition coefficient (Wildman–Crippen LogP) is 1.82. The molecule has 0 saturated carbocycles. The van der Waals surface area contributed by atoms with Gasteiger partial charge in [0.2, 0.25) is 15.9 Å². The maximum atomic E-state index is 12.6. The summed E-state index contributed by atoms with van der Waals surface area (Å²) in [5.74, 6) is 0.909. The van der Waals surface area contributed by atoms with E-state index in [-0.39, 0.29) is 18.1 Å². The van der Waals surface area contributed by atoms with Crippen molar-refractivity contribution in [2.75, 3.05) is 39.0 Å². The molecule has 1 aromatic rings. The lowest BCUT2D eigenvalue weighted by molar-refractivity contribution is -0.131. The Morgan fingerprint density at radius 2 is 1.88 bits per heavy atom. The van der Waals surface area contributed by atoms with Gasteiger partial charge in [0.05, 0.1) is 19.3 Å². The first-order chi connectivity index (χ1) is 11.9. The van der Waals surface area contributed by atoms with Crippen LogP contribution in [0, 0.1) is 6.92 Å². The van der Waals surface area contributed by atoms with Gasteiger partial charge in [0.1, 0.15) is 5.75 Å². The lowest BCUT2D eigenvalue weighted by Crippen LogP contribution is -2.51. The van der Waals surface area contributed by atoms with Crippen molar-refractivity contribution in [3.63, 3.8) is 0 Å². The van der Waals surface area contributed by atoms with E-state index in [0.717, 1.165) is 17.5 Å². The molecule has 1 aliphatic rings. The van der Waals surface area contributed by atoms with Crippen molar-refractivity contribution in [2.24, 2.45) is 0 Å². The molecule has 140 valence electrons. The molecule has 6 nitrogen and oxygen atoms in total. The summed E-state index contributed by atoms with van der Waals surface area (Å²) in [6.45, 7) is 5.60. The fourth-order valence-electron chi connectivity index (χ4n) is 2.99. The summed E-state index contributed by atoms with van der Waals surface area (Å²) in [7, 11) is -1.60. The normalized spacial score (nSPS) is 16.0. The zero-order chi connectivity index (χ0) is 18.4. The number of unbranched alkanes of at least 4 members (excludes halogenated alkanes) is 1. The average Bonchev–Trinajstić information content (AvgIpc) is 2.60. The second-order valence-electron chi connectivity index (χ2n) is 6.44. The lowest BCUT2D eigenvalue weighted by atomic mass is 10.1. The van der Waals surface area contributed by atoms with Crippen LogP contribution in [-0.2, 0) is 21.2 Å². The van der Waals surface area contributed by atoms with E-state index in [1.54, 1.807) is 12.0 Å². The van der Waals surface area contributed by atoms with Gasteiger partial charge in [-0.1, -0.05) is 31.0 Å². The highest BCUT2D eigenvalue weighted by Crippen LogP contribution is 2.21. The molecule has 0 unspecified atom stereocenters. The molecule has 1 aromatic carbocycles. The maximum Gasteiger partial charge on any atom is 0.227 e. The van der Waals surface area contributed by atoms with Crippen molar-refractivity contribution in [3.8, 4) is 5.75 Å².